The van der Waals surface area contributed by atoms with Gasteiger partial charge in [0, 0.05) is 31.7 Å². The highest BCUT2D eigenvalue weighted by atomic mass is 19.2. The van der Waals surface area contributed by atoms with E-state index in [1.165, 1.54) is 31.9 Å². The molecular formula is C28H35F2N3O4. The van der Waals surface area contributed by atoms with Gasteiger partial charge in [0.25, 0.3) is 0 Å². The van der Waals surface area contributed by atoms with Crippen LogP contribution in [0.5, 0.6) is 0 Å². The Balaban J connectivity index is 0.000000907. The molecular weight excluding hydrogens is 480 g/mol. The first-order chi connectivity index (χ1) is 18.1. The van der Waals surface area contributed by atoms with Crippen LogP contribution >= 0.6 is 0 Å². The summed E-state index contributed by atoms with van der Waals surface area (Å²) >= 11 is 0. The first kappa shape index (κ1) is 28.2. The predicted octanol–water partition coefficient (Wildman–Crippen LogP) is 5.15. The molecule has 200 valence electrons. The summed E-state index contributed by atoms with van der Waals surface area (Å²) in [5, 5.41) is 7.00. The molecule has 1 aliphatic heterocycles. The molecule has 9 heteroatoms. The largest absolute Gasteiger partial charge is 0.453 e. The lowest BCUT2D eigenvalue weighted by molar-refractivity contribution is -0.0980. The molecule has 0 unspecified atom stereocenters. The Morgan fingerprint density at radius 2 is 1.86 bits per heavy atom. The minimum absolute atomic E-state index is 0.328. The zero-order valence-corrected chi connectivity index (χ0v) is 21.5. The molecule has 2 heterocycles. The molecule has 37 heavy (non-hydrogen) atoms. The van der Waals surface area contributed by atoms with Crippen LogP contribution in [0.3, 0.4) is 0 Å². The Morgan fingerprint density at radius 1 is 1.14 bits per heavy atom. The molecule has 1 aliphatic carbocycles. The van der Waals surface area contributed by atoms with E-state index in [4.69, 9.17) is 19.6 Å². The number of methoxy groups -OCH3 is 1. The third-order valence-electron chi connectivity index (χ3n) is 7.19. The van der Waals surface area contributed by atoms with Gasteiger partial charge in [-0.05, 0) is 48.9 Å². The Labute approximate surface area is 216 Å². The van der Waals surface area contributed by atoms with Gasteiger partial charge < -0.3 is 24.1 Å². The van der Waals surface area contributed by atoms with Gasteiger partial charge in [-0.2, -0.15) is 0 Å². The number of ether oxygens (including phenoxy) is 1. The van der Waals surface area contributed by atoms with Crippen molar-refractivity contribution in [1.29, 1.82) is 0 Å². The Morgan fingerprint density at radius 3 is 2.57 bits per heavy atom. The molecule has 5 rings (SSSR count). The topological polar surface area (TPSA) is 84.7 Å². The number of rotatable bonds is 4. The zero-order valence-electron chi connectivity index (χ0n) is 21.5. The maximum absolute atomic E-state index is 14.3. The van der Waals surface area contributed by atoms with Crippen molar-refractivity contribution in [2.24, 2.45) is 0 Å². The Hall–Kier alpha value is -3.33. The summed E-state index contributed by atoms with van der Waals surface area (Å²) in [7, 11) is 2.40. The monoisotopic (exact) mass is 515 g/mol. The van der Waals surface area contributed by atoms with Crippen LogP contribution in [0.25, 0.3) is 11.0 Å². The van der Waals surface area contributed by atoms with Crippen LogP contribution in [0, 0.1) is 11.6 Å². The van der Waals surface area contributed by atoms with Gasteiger partial charge >= 0.3 is 6.09 Å². The van der Waals surface area contributed by atoms with Crippen molar-refractivity contribution in [2.75, 3.05) is 20.8 Å². The molecule has 0 spiro atoms. The second-order valence-corrected chi connectivity index (χ2v) is 9.13. The molecule has 1 N–H and O–H groups in total. The molecule has 7 nitrogen and oxygen atoms in total. The average molecular weight is 516 g/mol. The number of carbonyl (C=O) groups excluding carboxylic acids is 2. The van der Waals surface area contributed by atoms with Crippen molar-refractivity contribution in [2.45, 2.75) is 64.0 Å². The normalized spacial score (nSPS) is 15.2. The van der Waals surface area contributed by atoms with Gasteiger partial charge in [0.05, 0.1) is 24.7 Å². The van der Waals surface area contributed by atoms with Crippen LogP contribution in [0.1, 0.15) is 60.5 Å². The second kappa shape index (κ2) is 13.3. The number of halogens is 2. The predicted molar refractivity (Wildman–Crippen MR) is 137 cm³/mol. The lowest BCUT2D eigenvalue weighted by atomic mass is 9.88. The van der Waals surface area contributed by atoms with Crippen molar-refractivity contribution in [1.82, 2.24) is 14.5 Å². The summed E-state index contributed by atoms with van der Waals surface area (Å²) in [6.07, 6.45) is 6.62. The zero-order chi connectivity index (χ0) is 26.9. The van der Waals surface area contributed by atoms with E-state index in [0.717, 1.165) is 54.9 Å². The number of hydrogen-bond donors (Lipinski definition) is 1. The molecule has 1 amide bonds. The Bertz CT molecular complexity index is 1210. The summed E-state index contributed by atoms with van der Waals surface area (Å²) in [5.74, 6) is -0.190. The molecule has 2 aliphatic rings. The van der Waals surface area contributed by atoms with E-state index < -0.39 is 11.6 Å². The number of carbonyl (C=O) groups is 2. The van der Waals surface area contributed by atoms with Crippen LogP contribution in [-0.2, 0) is 35.5 Å². The fourth-order valence-corrected chi connectivity index (χ4v) is 5.41. The highest BCUT2D eigenvalue weighted by Crippen LogP contribution is 2.36. The van der Waals surface area contributed by atoms with E-state index in [0.29, 0.717) is 37.5 Å². The van der Waals surface area contributed by atoms with Crippen LogP contribution in [0.15, 0.2) is 30.3 Å². The standard InChI is InChI=1S/C26H29F2N3O2.CH4O.CH2O/c1-33-26(32)30-14-12-17-10-11-22-24(20(17)16-30)29-25(19-6-3-2-4-7-19)31(22)15-13-18-8-5-9-21(27)23(18)28;2*1-2/h5,8-11,19H,2-4,6-7,12-16H2,1H3;2H,1H3;1H2. The fraction of sp³-hybridized carbons (Fsp3) is 0.464. The fourth-order valence-electron chi connectivity index (χ4n) is 5.41. The van der Waals surface area contributed by atoms with Crippen molar-refractivity contribution in [3.63, 3.8) is 0 Å². The van der Waals surface area contributed by atoms with Crippen molar-refractivity contribution >= 4 is 23.9 Å². The first-order valence-electron chi connectivity index (χ1n) is 12.6. The summed E-state index contributed by atoms with van der Waals surface area (Å²) in [4.78, 5) is 27.0. The van der Waals surface area contributed by atoms with Gasteiger partial charge in [-0.25, -0.2) is 18.6 Å². The number of amides is 1. The van der Waals surface area contributed by atoms with E-state index in [9.17, 15) is 13.6 Å². The third-order valence-corrected chi connectivity index (χ3v) is 7.19. The molecule has 0 atom stereocenters. The highest BCUT2D eigenvalue weighted by molar-refractivity contribution is 5.82. The molecule has 2 aromatic carbocycles. The van der Waals surface area contributed by atoms with Crippen molar-refractivity contribution < 1.29 is 28.2 Å². The number of hydrogen-bond acceptors (Lipinski definition) is 5. The van der Waals surface area contributed by atoms with Gasteiger partial charge in [-0.3, -0.25) is 0 Å². The van der Waals surface area contributed by atoms with Crippen LogP contribution < -0.4 is 0 Å². The summed E-state index contributed by atoms with van der Waals surface area (Å²) in [5.41, 5.74) is 4.57. The van der Waals surface area contributed by atoms with Gasteiger partial charge in [-0.1, -0.05) is 37.5 Å². The van der Waals surface area contributed by atoms with Crippen LogP contribution in [0.4, 0.5) is 13.6 Å². The van der Waals surface area contributed by atoms with Crippen LogP contribution in [0.2, 0.25) is 0 Å². The SMILES string of the molecule is C=O.CO.COC(=O)N1CCc2ccc3c(nc(C4CCCCC4)n3CCc3cccc(F)c3F)c2C1. The second-order valence-electron chi connectivity index (χ2n) is 9.13. The molecule has 1 aromatic heterocycles. The van der Waals surface area contributed by atoms with Gasteiger partial charge in [0.1, 0.15) is 12.6 Å². The van der Waals surface area contributed by atoms with Gasteiger partial charge in [0.2, 0.25) is 0 Å². The van der Waals surface area contributed by atoms with Crippen molar-refractivity contribution in [3.05, 3.63) is 64.5 Å². The number of aromatic nitrogens is 2. The number of imidazole rings is 1. The Kier molecular flexibility index (Phi) is 10.1. The summed E-state index contributed by atoms with van der Waals surface area (Å²) < 4.78 is 35.2. The molecule has 0 saturated heterocycles. The highest BCUT2D eigenvalue weighted by Gasteiger charge is 2.28. The number of aliphatic hydroxyl groups is 1. The molecule has 1 fully saturated rings. The van der Waals surface area contributed by atoms with E-state index in [1.807, 2.05) is 6.79 Å². The van der Waals surface area contributed by atoms with Gasteiger partial charge in [0.15, 0.2) is 11.6 Å². The number of benzene rings is 2. The maximum atomic E-state index is 14.3. The summed E-state index contributed by atoms with van der Waals surface area (Å²) in [6, 6.07) is 8.58. The molecule has 1 saturated carbocycles. The lowest BCUT2D eigenvalue weighted by Gasteiger charge is -2.27. The number of aryl methyl sites for hydroxylation is 2. The van der Waals surface area contributed by atoms with E-state index >= 15 is 0 Å². The van der Waals surface area contributed by atoms with Gasteiger partial charge in [-0.15, -0.1) is 0 Å². The molecule has 0 bridgehead atoms. The molecule has 3 aromatic rings. The number of fused-ring (bicyclic) bond motifs is 3. The minimum atomic E-state index is -0.813. The van der Waals surface area contributed by atoms with E-state index in [1.54, 1.807) is 17.0 Å². The lowest BCUT2D eigenvalue weighted by Crippen LogP contribution is -2.35. The maximum Gasteiger partial charge on any atom is 0.409 e. The first-order valence-corrected chi connectivity index (χ1v) is 12.6. The minimum Gasteiger partial charge on any atom is -0.453 e. The van der Waals surface area contributed by atoms with E-state index in [-0.39, 0.29) is 6.09 Å². The quantitative estimate of drug-likeness (QED) is 0.519. The number of aliphatic hydroxyl groups excluding tert-OH is 1. The average Bonchev–Trinajstić information content (AvgIpc) is 3.34. The molecule has 0 radical (unpaired) electrons. The van der Waals surface area contributed by atoms with Crippen LogP contribution in [-0.4, -0.2) is 53.2 Å². The smallest absolute Gasteiger partial charge is 0.409 e. The number of nitrogens with zero attached hydrogens (tertiary/aromatic N) is 3. The summed E-state index contributed by atoms with van der Waals surface area (Å²) in [6.45, 7) is 3.63. The third kappa shape index (κ3) is 5.98. The van der Waals surface area contributed by atoms with Crippen molar-refractivity contribution in [3.8, 4) is 0 Å². The van der Waals surface area contributed by atoms with E-state index in [2.05, 4.69) is 16.7 Å².